The van der Waals surface area contributed by atoms with E-state index in [0.29, 0.717) is 24.0 Å². The Balaban J connectivity index is 1.95. The van der Waals surface area contributed by atoms with Crippen molar-refractivity contribution in [1.29, 1.82) is 0 Å². The van der Waals surface area contributed by atoms with Crippen LogP contribution in [0.25, 0.3) is 10.2 Å². The fourth-order valence-corrected chi connectivity index (χ4v) is 4.42. The summed E-state index contributed by atoms with van der Waals surface area (Å²) in [5.41, 5.74) is 2.31. The third-order valence-electron chi connectivity index (χ3n) is 5.17. The van der Waals surface area contributed by atoms with E-state index >= 15 is 0 Å². The van der Waals surface area contributed by atoms with Crippen LogP contribution in [0.15, 0.2) is 24.3 Å². The number of aryl methyl sites for hydroxylation is 2. The lowest BCUT2D eigenvalue weighted by atomic mass is 10.3. The number of carbonyl (C=O) groups is 1. The number of aromatic nitrogens is 3. The first-order valence-corrected chi connectivity index (χ1v) is 11.4. The normalized spacial score (nSPS) is 11.4. The number of carbonyl (C=O) groups excluding carboxylic acids is 1. The van der Waals surface area contributed by atoms with Gasteiger partial charge in [0.25, 0.3) is 5.91 Å². The zero-order chi connectivity index (χ0) is 21.7. The van der Waals surface area contributed by atoms with Crippen LogP contribution in [-0.4, -0.2) is 58.4 Å². The van der Waals surface area contributed by atoms with Gasteiger partial charge >= 0.3 is 0 Å². The smallest absolute Gasteiger partial charge is 0.280 e. The first kappa shape index (κ1) is 22.2. The number of amides is 1. The molecule has 0 bridgehead atoms. The molecule has 0 atom stereocenters. The Labute approximate surface area is 182 Å². The number of nitrogens with zero attached hydrogens (tertiary/aromatic N) is 5. The Kier molecular flexibility index (Phi) is 7.44. The van der Waals surface area contributed by atoms with Gasteiger partial charge < -0.3 is 9.64 Å². The molecule has 2 aromatic heterocycles. The van der Waals surface area contributed by atoms with Crippen molar-refractivity contribution in [3.8, 4) is 5.75 Å². The largest absolute Gasteiger partial charge is 0.494 e. The van der Waals surface area contributed by atoms with E-state index < -0.39 is 0 Å². The number of likely N-dealkylation sites (N-methyl/N-ethyl adjacent to an activating group) is 1. The molecule has 8 heteroatoms. The van der Waals surface area contributed by atoms with E-state index in [9.17, 15) is 4.79 Å². The van der Waals surface area contributed by atoms with Crippen LogP contribution in [0.5, 0.6) is 5.75 Å². The van der Waals surface area contributed by atoms with Crippen molar-refractivity contribution in [3.63, 3.8) is 0 Å². The highest BCUT2D eigenvalue weighted by Gasteiger charge is 2.24. The van der Waals surface area contributed by atoms with Crippen LogP contribution in [0.2, 0.25) is 0 Å². The van der Waals surface area contributed by atoms with Crippen molar-refractivity contribution in [2.24, 2.45) is 0 Å². The van der Waals surface area contributed by atoms with E-state index in [1.54, 1.807) is 4.90 Å². The van der Waals surface area contributed by atoms with E-state index in [-0.39, 0.29) is 5.91 Å². The Morgan fingerprint density at radius 3 is 2.53 bits per heavy atom. The maximum Gasteiger partial charge on any atom is 0.280 e. The van der Waals surface area contributed by atoms with Crippen molar-refractivity contribution in [3.05, 3.63) is 35.7 Å². The highest BCUT2D eigenvalue weighted by Crippen LogP contribution is 2.32. The average Bonchev–Trinajstić information content (AvgIpc) is 3.33. The molecule has 7 nitrogen and oxygen atoms in total. The monoisotopic (exact) mass is 429 g/mol. The summed E-state index contributed by atoms with van der Waals surface area (Å²) < 4.78 is 8.47. The number of benzene rings is 1. The van der Waals surface area contributed by atoms with Gasteiger partial charge in [0.05, 0.1) is 16.8 Å². The minimum absolute atomic E-state index is 0.110. The fraction of sp³-hybridized carbons (Fsp3) is 0.500. The lowest BCUT2D eigenvalue weighted by Gasteiger charge is -2.24. The van der Waals surface area contributed by atoms with Crippen LogP contribution in [-0.2, 0) is 6.54 Å². The molecule has 0 aliphatic heterocycles. The number of thiazole rings is 1. The van der Waals surface area contributed by atoms with Crippen molar-refractivity contribution < 1.29 is 9.53 Å². The Hall–Kier alpha value is -2.45. The fourth-order valence-electron chi connectivity index (χ4n) is 3.40. The maximum absolute atomic E-state index is 13.4. The van der Waals surface area contributed by atoms with Gasteiger partial charge in [0.15, 0.2) is 10.8 Å². The van der Waals surface area contributed by atoms with Gasteiger partial charge in [-0.05, 0) is 58.1 Å². The van der Waals surface area contributed by atoms with Gasteiger partial charge in [-0.3, -0.25) is 14.4 Å². The summed E-state index contributed by atoms with van der Waals surface area (Å²) in [5, 5.41) is 5.20. The van der Waals surface area contributed by atoms with Crippen LogP contribution in [0, 0.1) is 6.92 Å². The van der Waals surface area contributed by atoms with Crippen molar-refractivity contribution >= 4 is 32.6 Å². The molecule has 0 fully saturated rings. The molecule has 0 unspecified atom stereocenters. The highest BCUT2D eigenvalue weighted by molar-refractivity contribution is 7.22. The molecule has 1 amide bonds. The number of ether oxygens (including phenoxy) is 1. The standard InChI is InChI=1S/C22H31N5O2S/c1-6-25(7-2)12-13-26(21(28)19-14-16(5)27(8-3)24-19)22-23-18-11-10-17(29-9-4)15-20(18)30-22/h10-11,14-15H,6-9,12-13H2,1-5H3. The van der Waals surface area contributed by atoms with Gasteiger partial charge in [-0.2, -0.15) is 5.10 Å². The van der Waals surface area contributed by atoms with E-state index in [1.165, 1.54) is 11.3 Å². The van der Waals surface area contributed by atoms with Crippen LogP contribution < -0.4 is 9.64 Å². The quantitative estimate of drug-likeness (QED) is 0.483. The predicted molar refractivity (Wildman–Crippen MR) is 123 cm³/mol. The third-order valence-corrected chi connectivity index (χ3v) is 6.21. The SMILES string of the molecule is CCOc1ccc2nc(N(CCN(CC)CC)C(=O)c3cc(C)n(CC)n3)sc2c1. The van der Waals surface area contributed by atoms with Crippen LogP contribution in [0.1, 0.15) is 43.9 Å². The van der Waals surface area contributed by atoms with Crippen LogP contribution in [0.3, 0.4) is 0 Å². The van der Waals surface area contributed by atoms with Crippen LogP contribution >= 0.6 is 11.3 Å². The summed E-state index contributed by atoms with van der Waals surface area (Å²) in [7, 11) is 0. The molecule has 3 rings (SSSR count). The van der Waals surface area contributed by atoms with E-state index in [2.05, 4.69) is 23.8 Å². The minimum Gasteiger partial charge on any atom is -0.494 e. The molecule has 0 aliphatic carbocycles. The second-order valence-electron chi connectivity index (χ2n) is 7.03. The lowest BCUT2D eigenvalue weighted by molar-refractivity contribution is 0.0978. The Bertz CT molecular complexity index is 993. The number of hydrogen-bond acceptors (Lipinski definition) is 6. The lowest BCUT2D eigenvalue weighted by Crippen LogP contribution is -2.39. The molecule has 2 heterocycles. The molecule has 1 aromatic carbocycles. The van der Waals surface area contributed by atoms with Gasteiger partial charge in [0.1, 0.15) is 5.75 Å². The molecule has 0 N–H and O–H groups in total. The molecule has 30 heavy (non-hydrogen) atoms. The molecular formula is C22H31N5O2S. The zero-order valence-corrected chi connectivity index (χ0v) is 19.3. The topological polar surface area (TPSA) is 63.5 Å². The number of hydrogen-bond donors (Lipinski definition) is 0. The molecule has 0 radical (unpaired) electrons. The summed E-state index contributed by atoms with van der Waals surface area (Å²) in [4.78, 5) is 22.3. The molecule has 0 saturated carbocycles. The Morgan fingerprint density at radius 2 is 1.90 bits per heavy atom. The molecule has 3 aromatic rings. The molecule has 162 valence electrons. The van der Waals surface area contributed by atoms with Gasteiger partial charge in [0, 0.05) is 25.3 Å². The number of anilines is 1. The van der Waals surface area contributed by atoms with E-state index in [4.69, 9.17) is 9.72 Å². The second-order valence-corrected chi connectivity index (χ2v) is 8.04. The second kappa shape index (κ2) is 10.0. The Morgan fingerprint density at radius 1 is 1.13 bits per heavy atom. The third kappa shape index (κ3) is 4.82. The van der Waals surface area contributed by atoms with Crippen molar-refractivity contribution in [2.75, 3.05) is 37.7 Å². The highest BCUT2D eigenvalue weighted by atomic mass is 32.1. The first-order valence-electron chi connectivity index (χ1n) is 10.6. The molecular weight excluding hydrogens is 398 g/mol. The first-order chi connectivity index (χ1) is 14.5. The van der Waals surface area contributed by atoms with Crippen molar-refractivity contribution in [2.45, 2.75) is 41.2 Å². The van der Waals surface area contributed by atoms with Gasteiger partial charge in [-0.15, -0.1) is 0 Å². The van der Waals surface area contributed by atoms with Gasteiger partial charge in [0.2, 0.25) is 0 Å². The summed E-state index contributed by atoms with van der Waals surface area (Å²) >= 11 is 1.51. The van der Waals surface area contributed by atoms with Crippen molar-refractivity contribution in [1.82, 2.24) is 19.7 Å². The number of rotatable bonds is 10. The van der Waals surface area contributed by atoms with Crippen LogP contribution in [0.4, 0.5) is 5.13 Å². The van der Waals surface area contributed by atoms with Gasteiger partial charge in [-0.25, -0.2) is 4.98 Å². The summed E-state index contributed by atoms with van der Waals surface area (Å²) in [5.74, 6) is 0.708. The summed E-state index contributed by atoms with van der Waals surface area (Å²) in [6.45, 7) is 14.8. The zero-order valence-electron chi connectivity index (χ0n) is 18.5. The summed E-state index contributed by atoms with van der Waals surface area (Å²) in [6, 6.07) is 7.72. The van der Waals surface area contributed by atoms with Gasteiger partial charge in [-0.1, -0.05) is 25.2 Å². The minimum atomic E-state index is -0.110. The molecule has 0 saturated heterocycles. The summed E-state index contributed by atoms with van der Waals surface area (Å²) in [6.07, 6.45) is 0. The van der Waals surface area contributed by atoms with E-state index in [1.807, 2.05) is 49.7 Å². The number of fused-ring (bicyclic) bond motifs is 1. The maximum atomic E-state index is 13.4. The molecule has 0 aliphatic rings. The average molecular weight is 430 g/mol. The van der Waals surface area contributed by atoms with E-state index in [0.717, 1.165) is 47.8 Å². The molecule has 0 spiro atoms. The predicted octanol–water partition coefficient (Wildman–Crippen LogP) is 4.21.